The summed E-state index contributed by atoms with van der Waals surface area (Å²) in [6.45, 7) is 4.06. The quantitative estimate of drug-likeness (QED) is 0.819. The average molecular weight is 281 g/mol. The molecule has 18 heavy (non-hydrogen) atoms. The Bertz CT molecular complexity index is 380. The Balaban J connectivity index is 2.78. The number of hydrogen-bond donors (Lipinski definition) is 1. The van der Waals surface area contributed by atoms with Crippen LogP contribution in [0.3, 0.4) is 0 Å². The summed E-state index contributed by atoms with van der Waals surface area (Å²) in [6, 6.07) is 1.87. The molecular formula is C12H16ClF3N2. The van der Waals surface area contributed by atoms with Crippen LogP contribution in [0, 0.1) is 5.92 Å². The standard InChI is InChI=1S/C12H16ClF3N2/c1-8(2)5-10(7-13)18-11-6-9(3-4-17-11)12(14,15)16/h3-4,6,8,10H,5,7H2,1-2H3,(H,17,18). The van der Waals surface area contributed by atoms with E-state index in [9.17, 15) is 13.2 Å². The number of nitrogens with one attached hydrogen (secondary N) is 1. The van der Waals surface area contributed by atoms with Crippen LogP contribution in [0.1, 0.15) is 25.8 Å². The van der Waals surface area contributed by atoms with Crippen molar-refractivity contribution in [1.29, 1.82) is 0 Å². The molecule has 6 heteroatoms. The van der Waals surface area contributed by atoms with Crippen molar-refractivity contribution in [2.24, 2.45) is 5.92 Å². The number of rotatable bonds is 5. The molecule has 0 aromatic carbocycles. The van der Waals surface area contributed by atoms with E-state index in [4.69, 9.17) is 11.6 Å². The molecule has 0 amide bonds. The van der Waals surface area contributed by atoms with E-state index in [1.165, 1.54) is 0 Å². The average Bonchev–Trinajstić information content (AvgIpc) is 2.26. The SMILES string of the molecule is CC(C)CC(CCl)Nc1cc(C(F)(F)F)ccn1. The van der Waals surface area contributed by atoms with Gasteiger partial charge in [-0.25, -0.2) is 4.98 Å². The van der Waals surface area contributed by atoms with Gasteiger partial charge in [0.25, 0.3) is 0 Å². The zero-order valence-electron chi connectivity index (χ0n) is 10.3. The van der Waals surface area contributed by atoms with Gasteiger partial charge in [-0.2, -0.15) is 13.2 Å². The van der Waals surface area contributed by atoms with E-state index in [0.717, 1.165) is 24.8 Å². The van der Waals surface area contributed by atoms with E-state index in [-0.39, 0.29) is 11.9 Å². The molecule has 0 saturated carbocycles. The second-order valence-electron chi connectivity index (χ2n) is 4.55. The molecule has 1 N–H and O–H groups in total. The zero-order valence-corrected chi connectivity index (χ0v) is 11.0. The third-order valence-electron chi connectivity index (χ3n) is 2.38. The van der Waals surface area contributed by atoms with Gasteiger partial charge in [0.1, 0.15) is 5.82 Å². The number of anilines is 1. The zero-order chi connectivity index (χ0) is 13.8. The van der Waals surface area contributed by atoms with E-state index < -0.39 is 11.7 Å². The summed E-state index contributed by atoms with van der Waals surface area (Å²) in [5, 5.41) is 2.93. The van der Waals surface area contributed by atoms with Crippen LogP contribution in [-0.4, -0.2) is 16.9 Å². The molecule has 1 aromatic rings. The molecule has 0 bridgehead atoms. The fourth-order valence-electron chi connectivity index (χ4n) is 1.62. The highest BCUT2D eigenvalue weighted by atomic mass is 35.5. The number of pyridine rings is 1. The predicted molar refractivity (Wildman–Crippen MR) is 66.8 cm³/mol. The molecule has 0 aliphatic heterocycles. The first-order chi connectivity index (χ1) is 8.32. The molecule has 102 valence electrons. The van der Waals surface area contributed by atoms with Crippen LogP contribution in [0.15, 0.2) is 18.3 Å². The first-order valence-electron chi connectivity index (χ1n) is 5.68. The van der Waals surface area contributed by atoms with Crippen molar-refractivity contribution in [3.63, 3.8) is 0 Å². The molecule has 0 saturated heterocycles. The summed E-state index contributed by atoms with van der Waals surface area (Å²) < 4.78 is 37.5. The van der Waals surface area contributed by atoms with Gasteiger partial charge in [-0.15, -0.1) is 11.6 Å². The molecule has 1 atom stereocenters. The Labute approximate surface area is 110 Å². The minimum Gasteiger partial charge on any atom is -0.366 e. The van der Waals surface area contributed by atoms with Crippen molar-refractivity contribution in [3.8, 4) is 0 Å². The van der Waals surface area contributed by atoms with Crippen molar-refractivity contribution < 1.29 is 13.2 Å². The highest BCUT2D eigenvalue weighted by molar-refractivity contribution is 6.18. The maximum atomic E-state index is 12.5. The van der Waals surface area contributed by atoms with Gasteiger partial charge in [-0.3, -0.25) is 0 Å². The van der Waals surface area contributed by atoms with Gasteiger partial charge < -0.3 is 5.32 Å². The topological polar surface area (TPSA) is 24.9 Å². The van der Waals surface area contributed by atoms with Crippen molar-refractivity contribution in [2.45, 2.75) is 32.5 Å². The van der Waals surface area contributed by atoms with Crippen molar-refractivity contribution in [1.82, 2.24) is 4.98 Å². The maximum absolute atomic E-state index is 12.5. The third kappa shape index (κ3) is 4.72. The number of nitrogens with zero attached hydrogens (tertiary/aromatic N) is 1. The summed E-state index contributed by atoms with van der Waals surface area (Å²) in [7, 11) is 0. The second-order valence-corrected chi connectivity index (χ2v) is 4.86. The Kier molecular flexibility index (Phi) is 5.26. The Hall–Kier alpha value is -0.970. The molecule has 0 aliphatic rings. The van der Waals surface area contributed by atoms with Gasteiger partial charge in [-0.05, 0) is 24.5 Å². The smallest absolute Gasteiger partial charge is 0.366 e. The van der Waals surface area contributed by atoms with E-state index in [0.29, 0.717) is 11.8 Å². The molecule has 2 nitrogen and oxygen atoms in total. The van der Waals surface area contributed by atoms with Crippen LogP contribution in [0.2, 0.25) is 0 Å². The third-order valence-corrected chi connectivity index (χ3v) is 2.75. The lowest BCUT2D eigenvalue weighted by atomic mass is 10.1. The Morgan fingerprint density at radius 2 is 2.06 bits per heavy atom. The molecule has 0 aliphatic carbocycles. The molecule has 1 unspecified atom stereocenters. The van der Waals surface area contributed by atoms with Gasteiger partial charge >= 0.3 is 6.18 Å². The van der Waals surface area contributed by atoms with Crippen LogP contribution in [0.5, 0.6) is 0 Å². The summed E-state index contributed by atoms with van der Waals surface area (Å²) >= 11 is 5.78. The second kappa shape index (κ2) is 6.27. The fraction of sp³-hybridized carbons (Fsp3) is 0.583. The summed E-state index contributed by atoms with van der Waals surface area (Å²) in [6.07, 6.45) is -2.43. The summed E-state index contributed by atoms with van der Waals surface area (Å²) in [5.41, 5.74) is -0.710. The van der Waals surface area contributed by atoms with Crippen molar-refractivity contribution in [3.05, 3.63) is 23.9 Å². The summed E-state index contributed by atoms with van der Waals surface area (Å²) in [4.78, 5) is 3.88. The van der Waals surface area contributed by atoms with E-state index in [2.05, 4.69) is 10.3 Å². The van der Waals surface area contributed by atoms with E-state index in [1.54, 1.807) is 0 Å². The largest absolute Gasteiger partial charge is 0.416 e. The lowest BCUT2D eigenvalue weighted by Crippen LogP contribution is -2.24. The van der Waals surface area contributed by atoms with E-state index in [1.807, 2.05) is 13.8 Å². The van der Waals surface area contributed by atoms with Gasteiger partial charge in [0.15, 0.2) is 0 Å². The number of alkyl halides is 4. The van der Waals surface area contributed by atoms with Crippen LogP contribution < -0.4 is 5.32 Å². The Morgan fingerprint density at radius 3 is 2.56 bits per heavy atom. The van der Waals surface area contributed by atoms with E-state index >= 15 is 0 Å². The highest BCUT2D eigenvalue weighted by Gasteiger charge is 2.30. The molecule has 1 heterocycles. The highest BCUT2D eigenvalue weighted by Crippen LogP contribution is 2.30. The van der Waals surface area contributed by atoms with Gasteiger partial charge in [0.2, 0.25) is 0 Å². The molecule has 0 radical (unpaired) electrons. The summed E-state index contributed by atoms with van der Waals surface area (Å²) in [5.74, 6) is 0.944. The number of hydrogen-bond acceptors (Lipinski definition) is 2. The normalized spacial score (nSPS) is 13.7. The van der Waals surface area contributed by atoms with Gasteiger partial charge in [0.05, 0.1) is 5.56 Å². The lowest BCUT2D eigenvalue weighted by molar-refractivity contribution is -0.137. The Morgan fingerprint density at radius 1 is 1.39 bits per heavy atom. The maximum Gasteiger partial charge on any atom is 0.416 e. The van der Waals surface area contributed by atoms with Crippen LogP contribution in [0.4, 0.5) is 19.0 Å². The lowest BCUT2D eigenvalue weighted by Gasteiger charge is -2.19. The van der Waals surface area contributed by atoms with Crippen molar-refractivity contribution in [2.75, 3.05) is 11.2 Å². The minimum absolute atomic E-state index is 0.0809. The fourth-order valence-corrected chi connectivity index (χ4v) is 1.83. The molecule has 0 fully saturated rings. The molecule has 1 rings (SSSR count). The van der Waals surface area contributed by atoms with Crippen LogP contribution in [0.25, 0.3) is 0 Å². The van der Waals surface area contributed by atoms with Gasteiger partial charge in [-0.1, -0.05) is 13.8 Å². The molecular weight excluding hydrogens is 265 g/mol. The first-order valence-corrected chi connectivity index (χ1v) is 6.22. The number of halogens is 4. The van der Waals surface area contributed by atoms with Crippen LogP contribution in [-0.2, 0) is 6.18 Å². The molecule has 1 aromatic heterocycles. The minimum atomic E-state index is -4.35. The first kappa shape index (κ1) is 15.1. The van der Waals surface area contributed by atoms with Crippen molar-refractivity contribution >= 4 is 17.4 Å². The van der Waals surface area contributed by atoms with Gasteiger partial charge in [0, 0.05) is 18.1 Å². The van der Waals surface area contributed by atoms with Crippen LogP contribution >= 0.6 is 11.6 Å². The number of aromatic nitrogens is 1. The predicted octanol–water partition coefficient (Wildman–Crippen LogP) is 4.17. The monoisotopic (exact) mass is 280 g/mol. The molecule has 0 spiro atoms.